The highest BCUT2D eigenvalue weighted by Gasteiger charge is 2.09. The molecule has 0 fully saturated rings. The quantitative estimate of drug-likeness (QED) is 0.717. The van der Waals surface area contributed by atoms with Crippen LogP contribution < -0.4 is 10.1 Å². The molecule has 0 saturated carbocycles. The molecule has 0 radical (unpaired) electrons. The number of aryl methyl sites for hydroxylation is 2. The van der Waals surface area contributed by atoms with Crippen molar-refractivity contribution < 1.29 is 9.53 Å². The Hall–Kier alpha value is -2.66. The van der Waals surface area contributed by atoms with Gasteiger partial charge >= 0.3 is 0 Å². The number of hydrogen-bond donors (Lipinski definition) is 1. The van der Waals surface area contributed by atoms with Crippen molar-refractivity contribution in [2.45, 2.75) is 20.3 Å². The van der Waals surface area contributed by atoms with Crippen molar-refractivity contribution in [3.63, 3.8) is 0 Å². The Labute approximate surface area is 151 Å². The van der Waals surface area contributed by atoms with Crippen LogP contribution >= 0.6 is 11.3 Å². The first-order chi connectivity index (χ1) is 12.1. The summed E-state index contributed by atoms with van der Waals surface area (Å²) in [4.78, 5) is 17.5. The first-order valence-corrected chi connectivity index (χ1v) is 8.90. The number of rotatable bonds is 6. The van der Waals surface area contributed by atoms with Crippen LogP contribution in [0.5, 0.6) is 5.75 Å². The Kier molecular flexibility index (Phi) is 5.46. The molecular weight excluding hydrogens is 332 g/mol. The van der Waals surface area contributed by atoms with Gasteiger partial charge in [0.1, 0.15) is 5.75 Å². The summed E-state index contributed by atoms with van der Waals surface area (Å²) in [6, 6.07) is 16.1. The fraction of sp³-hybridized carbons (Fsp3) is 0.200. The summed E-state index contributed by atoms with van der Waals surface area (Å²) in [6.07, 6.45) is 2.62. The van der Waals surface area contributed by atoms with Crippen molar-refractivity contribution in [2.24, 2.45) is 0 Å². The van der Waals surface area contributed by atoms with E-state index in [4.69, 9.17) is 4.74 Å². The topological polar surface area (TPSA) is 51.2 Å². The molecular formula is C20H20N2O2S. The minimum Gasteiger partial charge on any atom is -0.483 e. The summed E-state index contributed by atoms with van der Waals surface area (Å²) in [5.41, 5.74) is 3.34. The number of thiazole rings is 1. The van der Waals surface area contributed by atoms with E-state index in [1.54, 1.807) is 6.20 Å². The van der Waals surface area contributed by atoms with E-state index in [9.17, 15) is 4.79 Å². The van der Waals surface area contributed by atoms with Gasteiger partial charge in [0.25, 0.3) is 5.91 Å². The number of amides is 1. The lowest BCUT2D eigenvalue weighted by molar-refractivity contribution is -0.118. The van der Waals surface area contributed by atoms with Gasteiger partial charge in [0.05, 0.1) is 0 Å². The molecule has 0 aliphatic heterocycles. The fourth-order valence-electron chi connectivity index (χ4n) is 2.41. The minimum atomic E-state index is -0.207. The molecule has 4 nitrogen and oxygen atoms in total. The standard InChI is InChI=1S/C20H20N2O2S/c1-14-8-9-15(2)18(10-14)24-13-19(23)22-20-21-12-17(25-20)11-16-6-4-3-5-7-16/h3-10,12H,11,13H2,1-2H3,(H,21,22,23). The van der Waals surface area contributed by atoms with Gasteiger partial charge in [0.2, 0.25) is 0 Å². The first kappa shape index (κ1) is 17.2. The first-order valence-electron chi connectivity index (χ1n) is 8.09. The lowest BCUT2D eigenvalue weighted by Crippen LogP contribution is -2.20. The summed E-state index contributed by atoms with van der Waals surface area (Å²) in [6.45, 7) is 3.93. The normalized spacial score (nSPS) is 10.5. The molecule has 25 heavy (non-hydrogen) atoms. The predicted molar refractivity (Wildman–Crippen MR) is 101 cm³/mol. The molecule has 3 aromatic rings. The monoisotopic (exact) mass is 352 g/mol. The maximum absolute atomic E-state index is 12.1. The van der Waals surface area contributed by atoms with Gasteiger partial charge in [-0.25, -0.2) is 4.98 Å². The highest BCUT2D eigenvalue weighted by molar-refractivity contribution is 7.15. The highest BCUT2D eigenvalue weighted by Crippen LogP contribution is 2.22. The van der Waals surface area contributed by atoms with E-state index >= 15 is 0 Å². The molecule has 1 N–H and O–H groups in total. The zero-order valence-electron chi connectivity index (χ0n) is 14.3. The molecule has 1 heterocycles. The van der Waals surface area contributed by atoms with Crippen LogP contribution in [0.2, 0.25) is 0 Å². The molecule has 0 aliphatic carbocycles. The number of aromatic nitrogens is 1. The van der Waals surface area contributed by atoms with Gasteiger partial charge in [0, 0.05) is 17.5 Å². The molecule has 128 valence electrons. The molecule has 0 bridgehead atoms. The molecule has 0 aliphatic rings. The van der Waals surface area contributed by atoms with Gasteiger partial charge in [-0.15, -0.1) is 11.3 Å². The second-order valence-corrected chi connectivity index (χ2v) is 7.02. The smallest absolute Gasteiger partial charge is 0.264 e. The van der Waals surface area contributed by atoms with Gasteiger partial charge in [-0.05, 0) is 36.6 Å². The van der Waals surface area contributed by atoms with E-state index in [0.717, 1.165) is 28.2 Å². The minimum absolute atomic E-state index is 0.0299. The van der Waals surface area contributed by atoms with Crippen LogP contribution in [0.15, 0.2) is 54.7 Å². The molecule has 0 spiro atoms. The number of nitrogens with zero attached hydrogens (tertiary/aromatic N) is 1. The predicted octanol–water partition coefficient (Wildman–Crippen LogP) is 4.37. The second kappa shape index (κ2) is 7.94. The van der Waals surface area contributed by atoms with Gasteiger partial charge in [-0.2, -0.15) is 0 Å². The summed E-state index contributed by atoms with van der Waals surface area (Å²) in [5.74, 6) is 0.528. The van der Waals surface area contributed by atoms with Crippen molar-refractivity contribution in [2.75, 3.05) is 11.9 Å². The Morgan fingerprint density at radius 3 is 2.76 bits per heavy atom. The fourth-order valence-corrected chi connectivity index (χ4v) is 3.27. The van der Waals surface area contributed by atoms with E-state index in [2.05, 4.69) is 22.4 Å². The lowest BCUT2D eigenvalue weighted by Gasteiger charge is -2.09. The Morgan fingerprint density at radius 2 is 1.96 bits per heavy atom. The van der Waals surface area contributed by atoms with Crippen molar-refractivity contribution >= 4 is 22.4 Å². The maximum atomic E-state index is 12.1. The average molecular weight is 352 g/mol. The van der Waals surface area contributed by atoms with Crippen LogP contribution in [0.4, 0.5) is 5.13 Å². The van der Waals surface area contributed by atoms with Crippen LogP contribution in [0, 0.1) is 13.8 Å². The van der Waals surface area contributed by atoms with Gasteiger partial charge in [0.15, 0.2) is 11.7 Å². The maximum Gasteiger partial charge on any atom is 0.264 e. The Balaban J connectivity index is 1.54. The van der Waals surface area contributed by atoms with Gasteiger partial charge < -0.3 is 4.74 Å². The molecule has 2 aromatic carbocycles. The zero-order chi connectivity index (χ0) is 17.6. The van der Waals surface area contributed by atoms with Crippen LogP contribution in [-0.2, 0) is 11.2 Å². The van der Waals surface area contributed by atoms with Crippen molar-refractivity contribution in [1.82, 2.24) is 4.98 Å². The summed E-state index contributed by atoms with van der Waals surface area (Å²) < 4.78 is 5.62. The van der Waals surface area contributed by atoms with Crippen molar-refractivity contribution in [3.05, 3.63) is 76.3 Å². The second-order valence-electron chi connectivity index (χ2n) is 5.90. The number of hydrogen-bond acceptors (Lipinski definition) is 4. The molecule has 5 heteroatoms. The van der Waals surface area contributed by atoms with Crippen LogP contribution in [-0.4, -0.2) is 17.5 Å². The van der Waals surface area contributed by atoms with E-state index in [0.29, 0.717) is 5.13 Å². The molecule has 0 atom stereocenters. The number of anilines is 1. The Morgan fingerprint density at radius 1 is 1.16 bits per heavy atom. The van der Waals surface area contributed by atoms with E-state index in [1.165, 1.54) is 16.9 Å². The lowest BCUT2D eigenvalue weighted by atomic mass is 10.1. The van der Waals surface area contributed by atoms with Gasteiger partial charge in [-0.3, -0.25) is 10.1 Å². The molecule has 0 saturated heterocycles. The molecule has 1 amide bonds. The third-order valence-corrected chi connectivity index (χ3v) is 4.64. The largest absolute Gasteiger partial charge is 0.483 e. The summed E-state index contributed by atoms with van der Waals surface area (Å²) in [7, 11) is 0. The number of benzene rings is 2. The number of carbonyl (C=O) groups is 1. The SMILES string of the molecule is Cc1ccc(C)c(OCC(=O)Nc2ncc(Cc3ccccc3)s2)c1. The summed E-state index contributed by atoms with van der Waals surface area (Å²) in [5, 5.41) is 3.39. The number of ether oxygens (including phenoxy) is 1. The molecule has 3 rings (SSSR count). The van der Waals surface area contributed by atoms with Crippen LogP contribution in [0.25, 0.3) is 0 Å². The molecule has 0 unspecified atom stereocenters. The van der Waals surface area contributed by atoms with E-state index in [1.807, 2.05) is 50.2 Å². The van der Waals surface area contributed by atoms with Crippen molar-refractivity contribution in [1.29, 1.82) is 0 Å². The molecule has 1 aromatic heterocycles. The van der Waals surface area contributed by atoms with Crippen LogP contribution in [0.3, 0.4) is 0 Å². The average Bonchev–Trinajstić information content (AvgIpc) is 3.03. The van der Waals surface area contributed by atoms with E-state index < -0.39 is 0 Å². The zero-order valence-corrected chi connectivity index (χ0v) is 15.1. The Bertz CT molecular complexity index is 859. The number of nitrogens with one attached hydrogen (secondary N) is 1. The third kappa shape index (κ3) is 4.90. The highest BCUT2D eigenvalue weighted by atomic mass is 32.1. The number of carbonyl (C=O) groups excluding carboxylic acids is 1. The third-order valence-electron chi connectivity index (χ3n) is 3.72. The van der Waals surface area contributed by atoms with Crippen LogP contribution in [0.1, 0.15) is 21.6 Å². The summed E-state index contributed by atoms with van der Waals surface area (Å²) >= 11 is 1.48. The van der Waals surface area contributed by atoms with E-state index in [-0.39, 0.29) is 12.5 Å². The van der Waals surface area contributed by atoms with Crippen molar-refractivity contribution in [3.8, 4) is 5.75 Å². The van der Waals surface area contributed by atoms with Gasteiger partial charge in [-0.1, -0.05) is 42.5 Å².